The molecule has 3 heteroatoms. The molecule has 14 heavy (non-hydrogen) atoms. The van der Waals surface area contributed by atoms with Crippen molar-refractivity contribution >= 4 is 12.1 Å². The number of Topliss-reactive ketones (excluding diaryl/α,β-unsaturated/α-hetero) is 1. The summed E-state index contributed by atoms with van der Waals surface area (Å²) in [4.78, 5) is 21.9. The molecule has 0 aromatic rings. The molecule has 0 heterocycles. The number of hydrogen-bond donors (Lipinski definition) is 0. The number of rotatable bonds is 7. The Morgan fingerprint density at radius 3 is 2.43 bits per heavy atom. The predicted molar refractivity (Wildman–Crippen MR) is 55.1 cm³/mol. The van der Waals surface area contributed by atoms with Crippen LogP contribution in [0.25, 0.3) is 0 Å². The van der Waals surface area contributed by atoms with E-state index in [9.17, 15) is 9.59 Å². The van der Waals surface area contributed by atoms with Crippen LogP contribution in [0.4, 0.5) is 0 Å². The lowest BCUT2D eigenvalue weighted by Crippen LogP contribution is -2.32. The highest BCUT2D eigenvalue weighted by Crippen LogP contribution is 2.32. The van der Waals surface area contributed by atoms with E-state index in [1.165, 1.54) is 0 Å². The first-order chi connectivity index (χ1) is 6.46. The van der Waals surface area contributed by atoms with Crippen LogP contribution in [0.3, 0.4) is 0 Å². The second-order valence-electron chi connectivity index (χ2n) is 4.16. The molecule has 1 unspecified atom stereocenters. The van der Waals surface area contributed by atoms with E-state index < -0.39 is 5.41 Å². The van der Waals surface area contributed by atoms with Gasteiger partial charge in [-0.3, -0.25) is 4.79 Å². The highest BCUT2D eigenvalue weighted by molar-refractivity contribution is 5.82. The van der Waals surface area contributed by atoms with E-state index in [2.05, 4.69) is 0 Å². The molecule has 0 saturated carbocycles. The number of ether oxygens (including phenoxy) is 1. The SMILES string of the molecule is COCCC(CC=O)C(C)(C)C(C)=O. The van der Waals surface area contributed by atoms with Gasteiger partial charge in [-0.1, -0.05) is 13.8 Å². The Hall–Kier alpha value is -0.700. The number of aldehydes is 1. The minimum atomic E-state index is -0.431. The van der Waals surface area contributed by atoms with Crippen molar-refractivity contribution in [2.75, 3.05) is 13.7 Å². The maximum absolute atomic E-state index is 11.4. The van der Waals surface area contributed by atoms with E-state index in [0.717, 1.165) is 12.7 Å². The zero-order valence-corrected chi connectivity index (χ0v) is 9.50. The zero-order chi connectivity index (χ0) is 11.2. The fourth-order valence-electron chi connectivity index (χ4n) is 1.44. The van der Waals surface area contributed by atoms with E-state index >= 15 is 0 Å². The molecule has 0 bridgehead atoms. The van der Waals surface area contributed by atoms with Crippen molar-refractivity contribution < 1.29 is 14.3 Å². The van der Waals surface area contributed by atoms with Crippen molar-refractivity contribution in [3.8, 4) is 0 Å². The second-order valence-corrected chi connectivity index (χ2v) is 4.16. The van der Waals surface area contributed by atoms with E-state index in [0.29, 0.717) is 13.0 Å². The summed E-state index contributed by atoms with van der Waals surface area (Å²) >= 11 is 0. The van der Waals surface area contributed by atoms with Gasteiger partial charge in [0.15, 0.2) is 0 Å². The van der Waals surface area contributed by atoms with Crippen molar-refractivity contribution in [2.45, 2.75) is 33.6 Å². The standard InChI is InChI=1S/C11H20O3/c1-9(13)11(2,3)10(5-7-12)6-8-14-4/h7,10H,5-6,8H2,1-4H3. The average molecular weight is 200 g/mol. The van der Waals surface area contributed by atoms with Crippen LogP contribution in [-0.4, -0.2) is 25.8 Å². The average Bonchev–Trinajstić information content (AvgIpc) is 2.11. The highest BCUT2D eigenvalue weighted by atomic mass is 16.5. The van der Waals surface area contributed by atoms with Gasteiger partial charge in [-0.2, -0.15) is 0 Å². The number of carbonyl (C=O) groups is 2. The normalized spacial score (nSPS) is 13.7. The third-order valence-electron chi connectivity index (χ3n) is 2.98. The Labute approximate surface area is 85.8 Å². The molecule has 1 atom stereocenters. The van der Waals surface area contributed by atoms with E-state index in [4.69, 9.17) is 4.74 Å². The molecule has 0 aromatic heterocycles. The Balaban J connectivity index is 4.45. The number of hydrogen-bond acceptors (Lipinski definition) is 3. The smallest absolute Gasteiger partial charge is 0.135 e. The van der Waals surface area contributed by atoms with Crippen LogP contribution in [0.15, 0.2) is 0 Å². The first kappa shape index (κ1) is 13.3. The first-order valence-electron chi connectivity index (χ1n) is 4.90. The molecule has 0 rings (SSSR count). The molecule has 0 aliphatic carbocycles. The Bertz CT molecular complexity index is 197. The lowest BCUT2D eigenvalue weighted by Gasteiger charge is -2.30. The van der Waals surface area contributed by atoms with Gasteiger partial charge in [0.05, 0.1) is 0 Å². The molecule has 0 amide bonds. The maximum atomic E-state index is 11.4. The molecule has 0 fully saturated rings. The lowest BCUT2D eigenvalue weighted by molar-refractivity contribution is -0.128. The summed E-state index contributed by atoms with van der Waals surface area (Å²) in [5, 5.41) is 0. The third kappa shape index (κ3) is 3.58. The monoisotopic (exact) mass is 200 g/mol. The van der Waals surface area contributed by atoms with E-state index in [-0.39, 0.29) is 11.7 Å². The van der Waals surface area contributed by atoms with Crippen molar-refractivity contribution in [3.63, 3.8) is 0 Å². The molecule has 0 aliphatic rings. The fraction of sp³-hybridized carbons (Fsp3) is 0.818. The summed E-state index contributed by atoms with van der Waals surface area (Å²) < 4.78 is 4.97. The van der Waals surface area contributed by atoms with Gasteiger partial charge in [0.25, 0.3) is 0 Å². The van der Waals surface area contributed by atoms with Gasteiger partial charge in [0.1, 0.15) is 12.1 Å². The molecule has 3 nitrogen and oxygen atoms in total. The summed E-state index contributed by atoms with van der Waals surface area (Å²) in [6.45, 7) is 5.94. The van der Waals surface area contributed by atoms with E-state index in [1.807, 2.05) is 13.8 Å². The molecular weight excluding hydrogens is 180 g/mol. The van der Waals surface area contributed by atoms with Crippen molar-refractivity contribution in [2.24, 2.45) is 11.3 Å². The van der Waals surface area contributed by atoms with Gasteiger partial charge >= 0.3 is 0 Å². The van der Waals surface area contributed by atoms with Crippen LogP contribution < -0.4 is 0 Å². The van der Waals surface area contributed by atoms with Gasteiger partial charge in [-0.25, -0.2) is 0 Å². The minimum absolute atomic E-state index is 0.0810. The molecule has 0 radical (unpaired) electrons. The molecule has 0 aliphatic heterocycles. The third-order valence-corrected chi connectivity index (χ3v) is 2.98. The number of methoxy groups -OCH3 is 1. The Kier molecular flexibility index (Phi) is 5.62. The Morgan fingerprint density at radius 2 is 2.07 bits per heavy atom. The predicted octanol–water partition coefficient (Wildman–Crippen LogP) is 1.84. The van der Waals surface area contributed by atoms with Gasteiger partial charge in [0.2, 0.25) is 0 Å². The molecule has 82 valence electrons. The summed E-state index contributed by atoms with van der Waals surface area (Å²) in [6, 6.07) is 0. The quantitative estimate of drug-likeness (QED) is 0.589. The van der Waals surface area contributed by atoms with Crippen molar-refractivity contribution in [3.05, 3.63) is 0 Å². The molecule has 0 saturated heterocycles. The zero-order valence-electron chi connectivity index (χ0n) is 9.50. The van der Waals surface area contributed by atoms with Crippen LogP contribution in [0.1, 0.15) is 33.6 Å². The molecular formula is C11H20O3. The number of ketones is 1. The van der Waals surface area contributed by atoms with Crippen LogP contribution in [0, 0.1) is 11.3 Å². The number of carbonyl (C=O) groups excluding carboxylic acids is 2. The van der Waals surface area contributed by atoms with Gasteiger partial charge in [-0.15, -0.1) is 0 Å². The molecule has 0 spiro atoms. The fourth-order valence-corrected chi connectivity index (χ4v) is 1.44. The molecule has 0 aromatic carbocycles. The lowest BCUT2D eigenvalue weighted by atomic mass is 9.73. The Morgan fingerprint density at radius 1 is 1.50 bits per heavy atom. The van der Waals surface area contributed by atoms with Gasteiger partial charge in [-0.05, 0) is 19.3 Å². The summed E-state index contributed by atoms with van der Waals surface area (Å²) in [7, 11) is 1.62. The van der Waals surface area contributed by atoms with Crippen molar-refractivity contribution in [1.82, 2.24) is 0 Å². The topological polar surface area (TPSA) is 43.4 Å². The van der Waals surface area contributed by atoms with Crippen molar-refractivity contribution in [1.29, 1.82) is 0 Å². The summed E-state index contributed by atoms with van der Waals surface area (Å²) in [5.41, 5.74) is -0.431. The van der Waals surface area contributed by atoms with E-state index in [1.54, 1.807) is 14.0 Å². The maximum Gasteiger partial charge on any atom is 0.135 e. The first-order valence-corrected chi connectivity index (χ1v) is 4.90. The van der Waals surface area contributed by atoms with Crippen LogP contribution in [0.5, 0.6) is 0 Å². The highest BCUT2D eigenvalue weighted by Gasteiger charge is 2.33. The molecule has 0 N–H and O–H groups in total. The van der Waals surface area contributed by atoms with Crippen LogP contribution in [-0.2, 0) is 14.3 Å². The largest absolute Gasteiger partial charge is 0.385 e. The van der Waals surface area contributed by atoms with Gasteiger partial charge < -0.3 is 9.53 Å². The summed E-state index contributed by atoms with van der Waals surface area (Å²) in [6.07, 6.45) is 2.06. The van der Waals surface area contributed by atoms with Crippen LogP contribution >= 0.6 is 0 Å². The summed E-state index contributed by atoms with van der Waals surface area (Å²) in [5.74, 6) is 0.206. The van der Waals surface area contributed by atoms with Gasteiger partial charge in [0, 0.05) is 25.6 Å². The second kappa shape index (κ2) is 5.91. The minimum Gasteiger partial charge on any atom is -0.385 e. The van der Waals surface area contributed by atoms with Crippen LogP contribution in [0.2, 0.25) is 0 Å².